The first-order chi connectivity index (χ1) is 8.93. The lowest BCUT2D eigenvalue weighted by Crippen LogP contribution is -2.36. The summed E-state index contributed by atoms with van der Waals surface area (Å²) in [7, 11) is 0. The molecule has 0 saturated heterocycles. The van der Waals surface area contributed by atoms with Crippen LogP contribution in [0.2, 0.25) is 10.0 Å². The Hall–Kier alpha value is -1.46. The first-order valence-electron chi connectivity index (χ1n) is 5.66. The highest BCUT2D eigenvalue weighted by Gasteiger charge is 2.13. The summed E-state index contributed by atoms with van der Waals surface area (Å²) in [6.07, 6.45) is -0.0946. The highest BCUT2D eigenvalue weighted by molar-refractivity contribution is 6.42. The molecule has 2 N–H and O–H groups in total. The van der Waals surface area contributed by atoms with E-state index in [1.165, 1.54) is 11.0 Å². The zero-order valence-electron chi connectivity index (χ0n) is 10.3. The number of hydrogen-bond donors (Lipinski definition) is 2. The van der Waals surface area contributed by atoms with Crippen molar-refractivity contribution in [3.63, 3.8) is 0 Å². The maximum Gasteiger partial charge on any atom is 0.321 e. The van der Waals surface area contributed by atoms with Crippen LogP contribution >= 0.6 is 23.2 Å². The van der Waals surface area contributed by atoms with Gasteiger partial charge in [0.1, 0.15) is 0 Å². The molecule has 0 aliphatic rings. The highest BCUT2D eigenvalue weighted by atomic mass is 35.5. The van der Waals surface area contributed by atoms with E-state index < -0.39 is 5.97 Å². The number of halogens is 2. The van der Waals surface area contributed by atoms with Gasteiger partial charge in [-0.2, -0.15) is 0 Å². The van der Waals surface area contributed by atoms with Gasteiger partial charge in [-0.15, -0.1) is 0 Å². The topological polar surface area (TPSA) is 69.6 Å². The minimum Gasteiger partial charge on any atom is -0.481 e. The van der Waals surface area contributed by atoms with Gasteiger partial charge in [0.15, 0.2) is 0 Å². The van der Waals surface area contributed by atoms with Gasteiger partial charge in [0.25, 0.3) is 0 Å². The summed E-state index contributed by atoms with van der Waals surface area (Å²) in [6.45, 7) is 2.34. The van der Waals surface area contributed by atoms with E-state index in [0.717, 1.165) is 0 Å². The molecular weight excluding hydrogens is 291 g/mol. The number of carbonyl (C=O) groups is 2. The minimum atomic E-state index is -0.944. The Morgan fingerprint density at radius 1 is 1.32 bits per heavy atom. The van der Waals surface area contributed by atoms with Crippen LogP contribution < -0.4 is 5.32 Å². The number of hydrogen-bond acceptors (Lipinski definition) is 2. The molecule has 0 fully saturated rings. The van der Waals surface area contributed by atoms with Gasteiger partial charge in [-0.05, 0) is 25.1 Å². The SMILES string of the molecule is CCN(CCC(=O)O)C(=O)Nc1ccc(Cl)c(Cl)c1. The van der Waals surface area contributed by atoms with E-state index >= 15 is 0 Å². The Labute approximate surface area is 121 Å². The van der Waals surface area contributed by atoms with Crippen molar-refractivity contribution < 1.29 is 14.7 Å². The van der Waals surface area contributed by atoms with E-state index in [1.54, 1.807) is 19.1 Å². The second-order valence-electron chi connectivity index (χ2n) is 3.78. The molecule has 0 aliphatic heterocycles. The molecule has 1 rings (SSSR count). The molecule has 0 unspecified atom stereocenters. The molecule has 104 valence electrons. The first-order valence-corrected chi connectivity index (χ1v) is 6.42. The van der Waals surface area contributed by atoms with Crippen molar-refractivity contribution in [2.45, 2.75) is 13.3 Å². The monoisotopic (exact) mass is 304 g/mol. The zero-order chi connectivity index (χ0) is 14.4. The standard InChI is InChI=1S/C12H14Cl2N2O3/c1-2-16(6-5-11(17)18)12(19)15-8-3-4-9(13)10(14)7-8/h3-4,7H,2,5-6H2,1H3,(H,15,19)(H,17,18). The number of nitrogens with one attached hydrogen (secondary N) is 1. The van der Waals surface area contributed by atoms with Gasteiger partial charge in [0, 0.05) is 18.8 Å². The molecule has 1 aromatic rings. The molecule has 5 nitrogen and oxygen atoms in total. The van der Waals surface area contributed by atoms with Crippen LogP contribution in [0.5, 0.6) is 0 Å². The molecule has 0 bridgehead atoms. The van der Waals surface area contributed by atoms with Crippen LogP contribution in [0.4, 0.5) is 10.5 Å². The fourth-order valence-electron chi connectivity index (χ4n) is 1.41. The van der Waals surface area contributed by atoms with E-state index in [4.69, 9.17) is 28.3 Å². The van der Waals surface area contributed by atoms with Gasteiger partial charge in [0.2, 0.25) is 0 Å². The zero-order valence-corrected chi connectivity index (χ0v) is 11.8. The van der Waals surface area contributed by atoms with E-state index in [9.17, 15) is 9.59 Å². The maximum atomic E-state index is 11.9. The number of rotatable bonds is 5. The number of amides is 2. The fourth-order valence-corrected chi connectivity index (χ4v) is 1.71. The Balaban J connectivity index is 2.65. The molecule has 19 heavy (non-hydrogen) atoms. The number of urea groups is 1. The van der Waals surface area contributed by atoms with Crippen LogP contribution in [0.15, 0.2) is 18.2 Å². The van der Waals surface area contributed by atoms with E-state index in [2.05, 4.69) is 5.32 Å². The lowest BCUT2D eigenvalue weighted by Gasteiger charge is -2.20. The van der Waals surface area contributed by atoms with Crippen LogP contribution in [0.25, 0.3) is 0 Å². The van der Waals surface area contributed by atoms with Crippen molar-refractivity contribution >= 4 is 40.9 Å². The highest BCUT2D eigenvalue weighted by Crippen LogP contribution is 2.25. The number of nitrogens with zero attached hydrogens (tertiary/aromatic N) is 1. The number of carboxylic acids is 1. The van der Waals surface area contributed by atoms with Gasteiger partial charge >= 0.3 is 12.0 Å². The summed E-state index contributed by atoms with van der Waals surface area (Å²) in [4.78, 5) is 23.8. The number of anilines is 1. The molecule has 0 saturated carbocycles. The van der Waals surface area contributed by atoms with Crippen LogP contribution in [0, 0.1) is 0 Å². The van der Waals surface area contributed by atoms with E-state index in [-0.39, 0.29) is 19.0 Å². The molecule has 0 radical (unpaired) electrons. The third kappa shape index (κ3) is 4.96. The predicted octanol–water partition coefficient (Wildman–Crippen LogP) is 3.32. The lowest BCUT2D eigenvalue weighted by molar-refractivity contribution is -0.137. The van der Waals surface area contributed by atoms with Crippen LogP contribution in [0.1, 0.15) is 13.3 Å². The summed E-state index contributed by atoms with van der Waals surface area (Å²) < 4.78 is 0. The molecule has 7 heteroatoms. The third-order valence-corrected chi connectivity index (χ3v) is 3.17. The Morgan fingerprint density at radius 3 is 2.53 bits per heavy atom. The fraction of sp³-hybridized carbons (Fsp3) is 0.333. The summed E-state index contributed by atoms with van der Waals surface area (Å²) in [5.41, 5.74) is 0.508. The Kier molecular flexibility index (Phi) is 5.92. The second kappa shape index (κ2) is 7.21. The lowest BCUT2D eigenvalue weighted by atomic mass is 10.3. The Morgan fingerprint density at radius 2 is 2.00 bits per heavy atom. The average Bonchev–Trinajstić information content (AvgIpc) is 2.34. The molecule has 0 aliphatic carbocycles. The molecule has 0 heterocycles. The summed E-state index contributed by atoms with van der Waals surface area (Å²) >= 11 is 11.6. The number of carbonyl (C=O) groups excluding carboxylic acids is 1. The van der Waals surface area contributed by atoms with Crippen LogP contribution in [0.3, 0.4) is 0 Å². The predicted molar refractivity (Wildman–Crippen MR) is 75.0 cm³/mol. The quantitative estimate of drug-likeness (QED) is 0.876. The molecular formula is C12H14Cl2N2O3. The minimum absolute atomic E-state index is 0.0946. The molecule has 0 aromatic heterocycles. The summed E-state index contributed by atoms with van der Waals surface area (Å²) in [5.74, 6) is -0.944. The van der Waals surface area contributed by atoms with E-state index in [1.807, 2.05) is 0 Å². The smallest absolute Gasteiger partial charge is 0.321 e. The van der Waals surface area contributed by atoms with E-state index in [0.29, 0.717) is 22.3 Å². The largest absolute Gasteiger partial charge is 0.481 e. The molecule has 2 amide bonds. The van der Waals surface area contributed by atoms with Crippen molar-refractivity contribution in [1.82, 2.24) is 4.90 Å². The van der Waals surface area contributed by atoms with Gasteiger partial charge in [-0.1, -0.05) is 23.2 Å². The summed E-state index contributed by atoms with van der Waals surface area (Å²) in [5, 5.41) is 12.0. The van der Waals surface area contributed by atoms with Crippen molar-refractivity contribution in [3.05, 3.63) is 28.2 Å². The normalized spacial score (nSPS) is 10.1. The molecule has 0 atom stereocenters. The van der Waals surface area contributed by atoms with Crippen molar-refractivity contribution in [3.8, 4) is 0 Å². The molecule has 1 aromatic carbocycles. The second-order valence-corrected chi connectivity index (χ2v) is 4.60. The number of benzene rings is 1. The average molecular weight is 305 g/mol. The van der Waals surface area contributed by atoms with Gasteiger partial charge in [-0.3, -0.25) is 4.79 Å². The molecule has 0 spiro atoms. The summed E-state index contributed by atoms with van der Waals surface area (Å²) in [6, 6.07) is 4.36. The maximum absolute atomic E-state index is 11.9. The Bertz CT molecular complexity index is 480. The first kappa shape index (κ1) is 15.6. The number of carboxylic acid groups (broad SMARTS) is 1. The van der Waals surface area contributed by atoms with Gasteiger partial charge in [-0.25, -0.2) is 4.79 Å². The van der Waals surface area contributed by atoms with Gasteiger partial charge in [0.05, 0.1) is 16.5 Å². The van der Waals surface area contributed by atoms with Crippen molar-refractivity contribution in [1.29, 1.82) is 0 Å². The third-order valence-electron chi connectivity index (χ3n) is 2.44. The van der Waals surface area contributed by atoms with Gasteiger partial charge < -0.3 is 15.3 Å². The van der Waals surface area contributed by atoms with Crippen molar-refractivity contribution in [2.24, 2.45) is 0 Å². The van der Waals surface area contributed by atoms with Crippen LogP contribution in [-0.4, -0.2) is 35.1 Å². The number of aliphatic carboxylic acids is 1. The van der Waals surface area contributed by atoms with Crippen LogP contribution in [-0.2, 0) is 4.79 Å². The van der Waals surface area contributed by atoms with Crippen molar-refractivity contribution in [2.75, 3.05) is 18.4 Å².